The molecule has 0 aliphatic carbocycles. The first-order chi connectivity index (χ1) is 20.5. The minimum Gasteiger partial charge on any atom is -0.493 e. The van der Waals surface area contributed by atoms with E-state index in [0.29, 0.717) is 45.8 Å². The predicted octanol–water partition coefficient (Wildman–Crippen LogP) is 6.02. The van der Waals surface area contributed by atoms with Crippen LogP contribution >= 0.6 is 23.2 Å². The molecule has 2 heterocycles. The fourth-order valence-corrected chi connectivity index (χ4v) is 4.75. The number of esters is 1. The maximum absolute atomic E-state index is 12.3. The summed E-state index contributed by atoms with van der Waals surface area (Å²) in [5.74, 6) is 0.545. The summed E-state index contributed by atoms with van der Waals surface area (Å²) in [6, 6.07) is 12.3. The number of nitrogens with zero attached hydrogens (tertiary/aromatic N) is 5. The molecule has 4 aromatic rings. The predicted molar refractivity (Wildman–Crippen MR) is 164 cm³/mol. The number of benzene rings is 2. The summed E-state index contributed by atoms with van der Waals surface area (Å²) in [5, 5.41) is 7.85. The molecule has 228 valence electrons. The zero-order chi connectivity index (χ0) is 31.1. The number of hydrogen-bond acceptors (Lipinski definition) is 9. The van der Waals surface area contributed by atoms with Crippen molar-refractivity contribution in [2.75, 3.05) is 25.7 Å². The van der Waals surface area contributed by atoms with Gasteiger partial charge in [0.05, 0.1) is 30.0 Å². The van der Waals surface area contributed by atoms with Gasteiger partial charge in [0.1, 0.15) is 23.7 Å². The molecular formula is C30H34Cl2N6O5. The fourth-order valence-electron chi connectivity index (χ4n) is 4.35. The number of alkyl carbamates (subject to hydrolysis) is 1. The van der Waals surface area contributed by atoms with E-state index < -0.39 is 23.7 Å². The minimum absolute atomic E-state index is 0.234. The number of fused-ring (bicyclic) bond motifs is 1. The Labute approximate surface area is 260 Å². The summed E-state index contributed by atoms with van der Waals surface area (Å²) < 4.78 is 17.9. The van der Waals surface area contributed by atoms with Gasteiger partial charge in [-0.15, -0.1) is 0 Å². The molecule has 0 unspecified atom stereocenters. The third-order valence-electron chi connectivity index (χ3n) is 6.39. The number of amides is 1. The Balaban J connectivity index is 1.49. The number of hydrogen-bond donors (Lipinski definition) is 1. The Kier molecular flexibility index (Phi) is 10.3. The van der Waals surface area contributed by atoms with Gasteiger partial charge >= 0.3 is 12.1 Å². The van der Waals surface area contributed by atoms with Crippen molar-refractivity contribution >= 4 is 52.5 Å². The molecular weight excluding hydrogens is 595 g/mol. The first-order valence-electron chi connectivity index (χ1n) is 13.6. The molecule has 11 nitrogen and oxygen atoms in total. The molecule has 1 atom stereocenters. The fraction of sp³-hybridized carbons (Fsp3) is 0.367. The number of halogens is 2. The van der Waals surface area contributed by atoms with Gasteiger partial charge in [-0.2, -0.15) is 9.61 Å². The molecule has 2 aromatic heterocycles. The smallest absolute Gasteiger partial charge is 0.408 e. The van der Waals surface area contributed by atoms with E-state index in [1.54, 1.807) is 43.6 Å². The summed E-state index contributed by atoms with van der Waals surface area (Å²) in [6.07, 6.45) is 3.55. The number of methoxy groups -OCH3 is 1. The van der Waals surface area contributed by atoms with Gasteiger partial charge in [-0.05, 0) is 57.9 Å². The molecule has 13 heteroatoms. The van der Waals surface area contributed by atoms with Crippen molar-refractivity contribution < 1.29 is 23.8 Å². The van der Waals surface area contributed by atoms with Crippen LogP contribution in [-0.4, -0.2) is 64.1 Å². The lowest BCUT2D eigenvalue weighted by Crippen LogP contribution is -2.44. The molecule has 2 aromatic carbocycles. The van der Waals surface area contributed by atoms with E-state index in [1.807, 2.05) is 42.3 Å². The Bertz CT molecular complexity index is 1570. The highest BCUT2D eigenvalue weighted by Crippen LogP contribution is 2.35. The number of nitrogens with one attached hydrogen (secondary N) is 1. The number of anilines is 2. The van der Waals surface area contributed by atoms with Gasteiger partial charge in [0.15, 0.2) is 5.65 Å². The number of aromatic nitrogens is 4. The molecule has 0 saturated heterocycles. The summed E-state index contributed by atoms with van der Waals surface area (Å²) in [4.78, 5) is 35.3. The van der Waals surface area contributed by atoms with Crippen LogP contribution in [0.15, 0.2) is 55.0 Å². The van der Waals surface area contributed by atoms with Crippen LogP contribution in [0.25, 0.3) is 5.65 Å². The van der Waals surface area contributed by atoms with E-state index in [9.17, 15) is 9.59 Å². The molecule has 0 fully saturated rings. The average molecular weight is 630 g/mol. The van der Waals surface area contributed by atoms with E-state index >= 15 is 0 Å². The van der Waals surface area contributed by atoms with Gasteiger partial charge in [0.2, 0.25) is 5.95 Å². The maximum atomic E-state index is 12.3. The second kappa shape index (κ2) is 13.9. The molecule has 0 aliphatic heterocycles. The monoisotopic (exact) mass is 628 g/mol. The number of carbonyl (C=O) groups is 2. The van der Waals surface area contributed by atoms with Crippen LogP contribution in [0.1, 0.15) is 44.7 Å². The quantitative estimate of drug-likeness (QED) is 0.157. The SMILES string of the molecule is COC(=O)[C@@H](CCCOc1ccc(Cl)c(Cl)c1Cc1cnn2c(N(C)c3ccccc3)ncnc12)NC(=O)OC(C)(C)C. The first-order valence-corrected chi connectivity index (χ1v) is 14.4. The third-order valence-corrected chi connectivity index (χ3v) is 7.24. The van der Waals surface area contributed by atoms with Crippen molar-refractivity contribution in [2.45, 2.75) is 51.7 Å². The van der Waals surface area contributed by atoms with Crippen molar-refractivity contribution in [1.29, 1.82) is 0 Å². The van der Waals surface area contributed by atoms with Crippen LogP contribution in [0.2, 0.25) is 10.0 Å². The second-order valence-corrected chi connectivity index (χ2v) is 11.5. The van der Waals surface area contributed by atoms with Crippen molar-refractivity contribution in [3.63, 3.8) is 0 Å². The largest absolute Gasteiger partial charge is 0.493 e. The number of para-hydroxylation sites is 1. The van der Waals surface area contributed by atoms with E-state index in [0.717, 1.165) is 11.3 Å². The van der Waals surface area contributed by atoms with Gasteiger partial charge < -0.3 is 24.4 Å². The molecule has 0 aliphatic rings. The Hall–Kier alpha value is -4.09. The summed E-state index contributed by atoms with van der Waals surface area (Å²) >= 11 is 13.0. The highest BCUT2D eigenvalue weighted by molar-refractivity contribution is 6.42. The van der Waals surface area contributed by atoms with Gasteiger partial charge in [-0.1, -0.05) is 41.4 Å². The van der Waals surface area contributed by atoms with Crippen LogP contribution in [0, 0.1) is 0 Å². The number of ether oxygens (including phenoxy) is 3. The van der Waals surface area contributed by atoms with Crippen molar-refractivity contribution in [1.82, 2.24) is 24.9 Å². The Morgan fingerprint density at radius 3 is 2.53 bits per heavy atom. The summed E-state index contributed by atoms with van der Waals surface area (Å²) in [5.41, 5.74) is 2.32. The topological polar surface area (TPSA) is 120 Å². The van der Waals surface area contributed by atoms with Gasteiger partial charge in [-0.25, -0.2) is 19.6 Å². The van der Waals surface area contributed by atoms with Crippen LogP contribution in [-0.2, 0) is 20.7 Å². The zero-order valence-electron chi connectivity index (χ0n) is 24.6. The highest BCUT2D eigenvalue weighted by Gasteiger charge is 2.25. The zero-order valence-corrected chi connectivity index (χ0v) is 26.1. The number of carbonyl (C=O) groups excluding carboxylic acids is 2. The Morgan fingerprint density at radius 1 is 1.09 bits per heavy atom. The van der Waals surface area contributed by atoms with E-state index in [-0.39, 0.29) is 13.0 Å². The normalized spacial score (nSPS) is 12.1. The molecule has 0 spiro atoms. The van der Waals surface area contributed by atoms with E-state index in [2.05, 4.69) is 20.4 Å². The van der Waals surface area contributed by atoms with Gasteiger partial charge in [0.25, 0.3) is 0 Å². The molecule has 0 radical (unpaired) electrons. The second-order valence-electron chi connectivity index (χ2n) is 10.7. The van der Waals surface area contributed by atoms with E-state index in [4.69, 9.17) is 37.4 Å². The van der Waals surface area contributed by atoms with E-state index in [1.165, 1.54) is 13.4 Å². The van der Waals surface area contributed by atoms with Crippen molar-refractivity contribution in [3.05, 3.63) is 76.2 Å². The van der Waals surface area contributed by atoms with Gasteiger partial charge in [0, 0.05) is 30.3 Å². The lowest BCUT2D eigenvalue weighted by atomic mass is 10.1. The average Bonchev–Trinajstić information content (AvgIpc) is 3.39. The van der Waals surface area contributed by atoms with Crippen LogP contribution in [0.3, 0.4) is 0 Å². The minimum atomic E-state index is -0.890. The summed E-state index contributed by atoms with van der Waals surface area (Å²) in [6.45, 7) is 5.46. The van der Waals surface area contributed by atoms with Crippen molar-refractivity contribution in [3.8, 4) is 5.75 Å². The van der Waals surface area contributed by atoms with Crippen molar-refractivity contribution in [2.24, 2.45) is 0 Å². The lowest BCUT2D eigenvalue weighted by Gasteiger charge is -2.22. The molecule has 4 rings (SSSR count). The summed E-state index contributed by atoms with van der Waals surface area (Å²) in [7, 11) is 3.17. The number of rotatable bonds is 11. The lowest BCUT2D eigenvalue weighted by molar-refractivity contribution is -0.143. The molecule has 43 heavy (non-hydrogen) atoms. The van der Waals surface area contributed by atoms with Crippen LogP contribution in [0.4, 0.5) is 16.4 Å². The molecule has 1 amide bonds. The standard InChI is InChI=1S/C30H34Cl2N6O5/c1-30(2,3)43-29(40)36-23(27(39)41-5)12-9-15-42-24-14-13-22(31)25(32)21(24)16-19-17-35-38-26(19)33-18-34-28(38)37(4)20-10-7-6-8-11-20/h6-8,10-11,13-14,17-18,23H,9,12,15-16H2,1-5H3,(H,36,40)/t23-/m1/s1. The Morgan fingerprint density at radius 2 is 1.84 bits per heavy atom. The maximum Gasteiger partial charge on any atom is 0.408 e. The van der Waals surface area contributed by atoms with Crippen LogP contribution in [0.5, 0.6) is 5.75 Å². The third kappa shape index (κ3) is 8.05. The first kappa shape index (κ1) is 31.8. The van der Waals surface area contributed by atoms with Gasteiger partial charge in [-0.3, -0.25) is 0 Å². The molecule has 0 bridgehead atoms. The van der Waals surface area contributed by atoms with Crippen LogP contribution < -0.4 is 15.0 Å². The molecule has 1 N–H and O–H groups in total. The highest BCUT2D eigenvalue weighted by atomic mass is 35.5. The molecule has 0 saturated carbocycles.